The number of carboxylic acids is 2. The van der Waals surface area contributed by atoms with Gasteiger partial charge in [-0.25, -0.2) is 19.2 Å². The Morgan fingerprint density at radius 2 is 1.51 bits per heavy atom. The van der Waals surface area contributed by atoms with E-state index in [9.17, 15) is 54.0 Å². The highest BCUT2D eigenvalue weighted by atomic mass is 16.7. The Morgan fingerprint density at radius 3 is 2.05 bits per heavy atom. The molecule has 1 aromatic heterocycles. The van der Waals surface area contributed by atoms with Crippen molar-refractivity contribution in [1.29, 1.82) is 0 Å². The van der Waals surface area contributed by atoms with Gasteiger partial charge in [0.05, 0.1) is 18.8 Å². The van der Waals surface area contributed by atoms with E-state index >= 15 is 0 Å². The summed E-state index contributed by atoms with van der Waals surface area (Å²) in [7, 11) is 1.57. The molecule has 3 rings (SSSR count). The number of rotatable bonds is 24. The van der Waals surface area contributed by atoms with Crippen LogP contribution in [0.25, 0.3) is 0 Å². The molecule has 4 amide bonds. The number of primary amides is 1. The highest BCUT2D eigenvalue weighted by Gasteiger charge is 2.52. The van der Waals surface area contributed by atoms with Gasteiger partial charge in [0.25, 0.3) is 0 Å². The molecule has 1 unspecified atom stereocenters. The number of nitrogens with one attached hydrogen (secondary N) is 5. The van der Waals surface area contributed by atoms with Gasteiger partial charge in [0.2, 0.25) is 17.7 Å². The lowest BCUT2D eigenvalue weighted by Crippen LogP contribution is -2.63. The summed E-state index contributed by atoms with van der Waals surface area (Å²) in [5.41, 5.74) is 9.26. The van der Waals surface area contributed by atoms with Crippen molar-refractivity contribution in [1.82, 2.24) is 25.9 Å². The largest absolute Gasteiger partial charge is 0.497 e. The fraction of sp³-hybridized carbons (Fsp3) is 0.615. The molecule has 0 saturated carbocycles. The molecule has 22 heteroatoms. The van der Waals surface area contributed by atoms with E-state index in [1.54, 1.807) is 34.8 Å². The zero-order valence-electron chi connectivity index (χ0n) is 34.8. The molecule has 14 N–H and O–H groups in total. The van der Waals surface area contributed by atoms with E-state index in [1.165, 1.54) is 0 Å². The van der Waals surface area contributed by atoms with E-state index in [4.69, 9.17) is 24.7 Å². The van der Waals surface area contributed by atoms with E-state index in [-0.39, 0.29) is 18.2 Å². The van der Waals surface area contributed by atoms with Gasteiger partial charge in [-0.15, -0.1) is 0 Å². The Kier molecular flexibility index (Phi) is 19.1. The molecule has 12 atom stereocenters. The fourth-order valence-electron chi connectivity index (χ4n) is 6.70. The molecule has 0 radical (unpaired) electrons. The number of imidazole rings is 1. The number of aromatic amines is 2. The van der Waals surface area contributed by atoms with Crippen LogP contribution in [-0.2, 0) is 44.6 Å². The predicted molar refractivity (Wildman–Crippen MR) is 212 cm³/mol. The summed E-state index contributed by atoms with van der Waals surface area (Å²) in [4.78, 5) is 94.8. The number of aromatic nitrogens is 2. The molecule has 0 bridgehead atoms. The number of quaternary nitrogens is 1. The number of carbonyl (C=O) groups excluding carboxylic acids is 4. The summed E-state index contributed by atoms with van der Waals surface area (Å²) in [6, 6.07) is 2.99. The fourth-order valence-corrected chi connectivity index (χ4v) is 6.70. The van der Waals surface area contributed by atoms with Gasteiger partial charge in [-0.2, -0.15) is 0 Å². The van der Waals surface area contributed by atoms with Crippen LogP contribution in [0.3, 0.4) is 0 Å². The van der Waals surface area contributed by atoms with Gasteiger partial charge in [0.1, 0.15) is 42.2 Å². The zero-order valence-corrected chi connectivity index (χ0v) is 34.8. The van der Waals surface area contributed by atoms with Gasteiger partial charge >= 0.3 is 23.7 Å². The van der Waals surface area contributed by atoms with Crippen LogP contribution in [0.5, 0.6) is 5.75 Å². The Labute approximate surface area is 351 Å². The van der Waals surface area contributed by atoms with Crippen LogP contribution >= 0.6 is 0 Å². The van der Waals surface area contributed by atoms with Crippen molar-refractivity contribution in [2.24, 2.45) is 17.6 Å². The highest BCUT2D eigenvalue weighted by molar-refractivity contribution is 5.94. The van der Waals surface area contributed by atoms with E-state index < -0.39 is 108 Å². The maximum atomic E-state index is 14.5. The number of aliphatic hydroxyl groups excluding tert-OH is 2. The van der Waals surface area contributed by atoms with E-state index in [0.717, 1.165) is 17.5 Å². The first-order valence-corrected chi connectivity index (χ1v) is 20.0. The van der Waals surface area contributed by atoms with Gasteiger partial charge in [-0.3, -0.25) is 14.4 Å². The van der Waals surface area contributed by atoms with Gasteiger partial charge in [0.15, 0.2) is 18.5 Å². The van der Waals surface area contributed by atoms with Crippen molar-refractivity contribution in [3.8, 4) is 5.75 Å². The number of hydrogen-bond acceptors (Lipinski definition) is 13. The number of aliphatic carboxylic acids is 2. The average Bonchev–Trinajstić information content (AvgIpc) is 3.65. The molecule has 1 aliphatic rings. The van der Waals surface area contributed by atoms with E-state index in [0.29, 0.717) is 38.5 Å². The van der Waals surface area contributed by atoms with Crippen LogP contribution in [0.4, 0.5) is 4.79 Å². The number of carboxylic acid groups (broad SMARTS) is 2. The highest BCUT2D eigenvalue weighted by Crippen LogP contribution is 2.31. The van der Waals surface area contributed by atoms with Crippen LogP contribution in [0.2, 0.25) is 0 Å². The number of amides is 4. The summed E-state index contributed by atoms with van der Waals surface area (Å²) in [5.74, 6) is -6.07. The number of ether oxygens (including phenoxy) is 4. The molecule has 0 spiro atoms. The third kappa shape index (κ3) is 14.3. The van der Waals surface area contributed by atoms with Crippen molar-refractivity contribution >= 4 is 35.8 Å². The number of benzene rings is 1. The first-order valence-electron chi connectivity index (χ1n) is 20.0. The second-order valence-electron chi connectivity index (χ2n) is 15.2. The lowest BCUT2D eigenvalue weighted by molar-refractivity contribution is -0.420. The van der Waals surface area contributed by atoms with Crippen LogP contribution < -0.4 is 37.8 Å². The minimum absolute atomic E-state index is 0.00252. The van der Waals surface area contributed by atoms with Crippen molar-refractivity contribution in [3.63, 3.8) is 0 Å². The normalized spacial score (nSPS) is 22.3. The smallest absolute Gasteiger partial charge is 0.404 e. The summed E-state index contributed by atoms with van der Waals surface area (Å²) < 4.78 is 21.3. The lowest BCUT2D eigenvalue weighted by atomic mass is 9.94. The second kappa shape index (κ2) is 23.4. The first-order chi connectivity index (χ1) is 28.8. The molecule has 2 heterocycles. The second-order valence-corrected chi connectivity index (χ2v) is 15.2. The summed E-state index contributed by atoms with van der Waals surface area (Å²) in [5, 5.41) is 49.2. The van der Waals surface area contributed by atoms with Crippen LogP contribution in [0, 0.1) is 11.8 Å². The van der Waals surface area contributed by atoms with Gasteiger partial charge in [-0.05, 0) is 48.8 Å². The molecule has 1 aromatic carbocycles. The molecule has 1 saturated heterocycles. The van der Waals surface area contributed by atoms with E-state index in [2.05, 4.69) is 31.7 Å². The molecule has 0 aliphatic carbocycles. The molecule has 2 aromatic rings. The third-order valence-electron chi connectivity index (χ3n) is 10.7. The molecule has 1 aliphatic heterocycles. The van der Waals surface area contributed by atoms with E-state index in [1.807, 2.05) is 24.3 Å². The number of aliphatic hydroxyl groups is 2. The Balaban J connectivity index is 1.96. The maximum Gasteiger partial charge on any atom is 0.404 e. The van der Waals surface area contributed by atoms with Gasteiger partial charge < -0.3 is 76.8 Å². The molecule has 1 fully saturated rings. The summed E-state index contributed by atoms with van der Waals surface area (Å²) in [6.45, 7) is 6.73. The average molecular weight is 867 g/mol. The molecular formula is C39H60N7O15+. The number of nitrogens with two attached hydrogens (primary N) is 1. The summed E-state index contributed by atoms with van der Waals surface area (Å²) >= 11 is 0. The third-order valence-corrected chi connectivity index (χ3v) is 10.7. The zero-order chi connectivity index (χ0) is 45.6. The molecule has 61 heavy (non-hydrogen) atoms. The quantitative estimate of drug-likeness (QED) is 0.0553. The predicted octanol–water partition coefficient (Wildman–Crippen LogP) is -1.19. The standard InChI is InChI=1S/C39H59N7O15/c1-6-18(3)25(33(50)46-26(35(52)53)19(4)7-2)45-34(51)27(44-24(47)11-9-8-10-21(40)16-20-12-14-22(58-5)15-13-20)30(23-17-42-39(57)43-23)59-37-29(49)28(48)31(61-38(41)56)32(60-37)36(54)55/h12-15,17-19,21,25-32,37,48-49H,6-11,16,40H2,1-5H3,(H2,41,56)(H,44,47)(H,45,51)(H,46,50)(H,52,53)(H,54,55)(H2,42,43,57)/p+1/t18-,19+,21?,25-,26+,27+,28+,29+,30-,31-,32+,37+/m0/s1. The van der Waals surface area contributed by atoms with Crippen molar-refractivity contribution < 1.29 is 73.9 Å². The Hall–Kier alpha value is -5.55. The van der Waals surface area contributed by atoms with Gasteiger partial charge in [0, 0.05) is 19.0 Å². The Morgan fingerprint density at radius 1 is 0.902 bits per heavy atom. The van der Waals surface area contributed by atoms with Crippen molar-refractivity contribution in [2.45, 2.75) is 134 Å². The van der Waals surface area contributed by atoms with Crippen LogP contribution in [0.1, 0.15) is 83.6 Å². The number of H-pyrrole nitrogens is 2. The molecule has 22 nitrogen and oxygen atoms in total. The topological polar surface area (TPSA) is 359 Å². The SMILES string of the molecule is CC[C@@H](C)[C@@H](NC(=O)[C@@H](NC(=O)[C@H](NC(=O)CCCCC([NH3+])Cc1ccc(OC)cc1)[C@@H](O[C@@H]1O[C@@H](C(=O)O)[C@@H](OC(N)=O)[C@H](O)[C@H]1O)c1c[nH]c(=O)[nH]1)[C@@H](C)CC)C(=O)O. The minimum Gasteiger partial charge on any atom is -0.497 e. The number of methoxy groups -OCH3 is 1. The van der Waals surface area contributed by atoms with Crippen LogP contribution in [-0.4, -0.2) is 128 Å². The molecule has 340 valence electrons. The summed E-state index contributed by atoms with van der Waals surface area (Å²) in [6.07, 6.45) is -10.1. The van der Waals surface area contributed by atoms with Gasteiger partial charge in [-0.1, -0.05) is 52.7 Å². The monoisotopic (exact) mass is 866 g/mol. The van der Waals surface area contributed by atoms with Crippen LogP contribution in [0.15, 0.2) is 35.3 Å². The molecular weight excluding hydrogens is 806 g/mol. The minimum atomic E-state index is -2.17. The number of unbranched alkanes of at least 4 members (excludes halogenated alkanes) is 1. The first kappa shape index (κ1) is 49.8. The van der Waals surface area contributed by atoms with Crippen molar-refractivity contribution in [3.05, 3.63) is 52.2 Å². The number of carbonyl (C=O) groups is 6. The van der Waals surface area contributed by atoms with Crippen molar-refractivity contribution in [2.75, 3.05) is 7.11 Å². The maximum absolute atomic E-state index is 14.5. The Bertz CT molecular complexity index is 1840. The lowest BCUT2D eigenvalue weighted by Gasteiger charge is -2.41. The number of hydrogen-bond donors (Lipinski definition) is 11.